The second-order valence-corrected chi connectivity index (χ2v) is 0.722. The summed E-state index contributed by atoms with van der Waals surface area (Å²) >= 11 is 0. The number of nitrogens with two attached hydrogens (primary N) is 1. The van der Waals surface area contributed by atoms with Crippen LogP contribution < -0.4 is 11.1 Å². The Morgan fingerprint density at radius 3 is 2.40 bits per heavy atom. The first-order chi connectivity index (χ1) is 2.41. The van der Waals surface area contributed by atoms with Crippen LogP contribution in [-0.4, -0.2) is 13.2 Å². The molecular weight excluding hydrogens is 64.0 g/mol. The Morgan fingerprint density at radius 1 is 1.80 bits per heavy atom. The molecule has 2 heteroatoms. The fourth-order valence-corrected chi connectivity index (χ4v) is 0.129. The van der Waals surface area contributed by atoms with Crippen molar-refractivity contribution < 1.29 is 0 Å². The first-order valence-electron chi connectivity index (χ1n) is 1.75. The highest BCUT2D eigenvalue weighted by Gasteiger charge is 1.65. The zero-order chi connectivity index (χ0) is 4.12. The van der Waals surface area contributed by atoms with E-state index in [4.69, 9.17) is 5.73 Å². The van der Waals surface area contributed by atoms with Crippen molar-refractivity contribution in [3.05, 3.63) is 0 Å². The van der Waals surface area contributed by atoms with Gasteiger partial charge in [0.15, 0.2) is 0 Å². The Bertz CT molecular complexity index is 12.4. The average Bonchev–Trinajstić information content (AvgIpc) is 1.41. The van der Waals surface area contributed by atoms with Gasteiger partial charge in [0, 0.05) is 6.54 Å². The fraction of sp³-hybridized carbons (Fsp3) is 1.00. The van der Waals surface area contributed by atoms with Crippen LogP contribution in [0.15, 0.2) is 0 Å². The molecule has 5 heavy (non-hydrogen) atoms. The number of hydrogen-bond donors (Lipinski definition) is 1. The van der Waals surface area contributed by atoms with E-state index in [9.17, 15) is 0 Å². The van der Waals surface area contributed by atoms with Crippen molar-refractivity contribution in [1.82, 2.24) is 5.32 Å². The molecule has 0 aromatic carbocycles. The highest BCUT2D eigenvalue weighted by molar-refractivity contribution is 4.24. The van der Waals surface area contributed by atoms with E-state index in [1.165, 1.54) is 0 Å². The van der Waals surface area contributed by atoms with Crippen molar-refractivity contribution in [1.29, 1.82) is 0 Å². The molecule has 0 aromatic rings. The van der Waals surface area contributed by atoms with Crippen molar-refractivity contribution in [2.24, 2.45) is 5.73 Å². The van der Waals surface area contributed by atoms with Crippen LogP contribution in [0.1, 0.15) is 6.92 Å². The molecule has 31 valence electrons. The predicted molar refractivity (Wildman–Crippen MR) is 21.7 cm³/mol. The van der Waals surface area contributed by atoms with Crippen molar-refractivity contribution >= 4 is 0 Å². The minimum atomic E-state index is 0.469. The topological polar surface area (TPSA) is 40.1 Å². The van der Waals surface area contributed by atoms with Crippen LogP contribution in [0.4, 0.5) is 0 Å². The quantitative estimate of drug-likeness (QED) is 0.471. The van der Waals surface area contributed by atoms with E-state index < -0.39 is 0 Å². The molecular formula is C3H9N2. The van der Waals surface area contributed by atoms with E-state index in [0.717, 1.165) is 6.54 Å². The van der Waals surface area contributed by atoms with Gasteiger partial charge < -0.3 is 5.73 Å². The molecule has 0 bridgehead atoms. The van der Waals surface area contributed by atoms with E-state index in [1.54, 1.807) is 0 Å². The molecule has 0 saturated carbocycles. The van der Waals surface area contributed by atoms with Gasteiger partial charge in [0.2, 0.25) is 0 Å². The Morgan fingerprint density at radius 2 is 2.40 bits per heavy atom. The molecule has 2 N–H and O–H groups in total. The third-order valence-corrected chi connectivity index (χ3v) is 0.353. The summed E-state index contributed by atoms with van der Waals surface area (Å²) in [7, 11) is 0. The van der Waals surface area contributed by atoms with Crippen LogP contribution in [0.2, 0.25) is 0 Å². The predicted octanol–water partition coefficient (Wildman–Crippen LogP) is -0.473. The third-order valence-electron chi connectivity index (χ3n) is 0.353. The minimum absolute atomic E-state index is 0.469. The van der Waals surface area contributed by atoms with Crippen molar-refractivity contribution in [3.8, 4) is 0 Å². The maximum atomic E-state index is 4.97. The average molecular weight is 73.1 g/mol. The summed E-state index contributed by atoms with van der Waals surface area (Å²) in [6, 6.07) is 0. The van der Waals surface area contributed by atoms with E-state index in [0.29, 0.717) is 6.67 Å². The Balaban J connectivity index is 2.19. The molecule has 0 aliphatic rings. The molecule has 0 heterocycles. The van der Waals surface area contributed by atoms with Crippen LogP contribution in [0, 0.1) is 0 Å². The van der Waals surface area contributed by atoms with Gasteiger partial charge in [-0.15, -0.1) is 0 Å². The van der Waals surface area contributed by atoms with E-state index >= 15 is 0 Å². The first kappa shape index (κ1) is 4.92. The lowest BCUT2D eigenvalue weighted by Gasteiger charge is -1.83. The molecule has 0 rings (SSSR count). The maximum absolute atomic E-state index is 4.97. The van der Waals surface area contributed by atoms with Gasteiger partial charge in [-0.05, 0) is 0 Å². The summed E-state index contributed by atoms with van der Waals surface area (Å²) in [5.74, 6) is 0. The van der Waals surface area contributed by atoms with Crippen LogP contribution in [0.3, 0.4) is 0 Å². The maximum Gasteiger partial charge on any atom is 0.0598 e. The molecule has 0 atom stereocenters. The van der Waals surface area contributed by atoms with Crippen LogP contribution >= 0.6 is 0 Å². The second kappa shape index (κ2) is 3.92. The number of rotatable bonds is 2. The summed E-state index contributed by atoms with van der Waals surface area (Å²) in [5.41, 5.74) is 4.97. The first-order valence-corrected chi connectivity index (χ1v) is 1.75. The lowest BCUT2D eigenvalue weighted by Crippen LogP contribution is -2.13. The Labute approximate surface area is 32.4 Å². The van der Waals surface area contributed by atoms with Gasteiger partial charge in [0.25, 0.3) is 0 Å². The Hall–Kier alpha value is -0.0800. The van der Waals surface area contributed by atoms with Gasteiger partial charge in [-0.3, -0.25) is 0 Å². The highest BCUT2D eigenvalue weighted by atomic mass is 14.9. The van der Waals surface area contributed by atoms with Gasteiger partial charge in [0.05, 0.1) is 6.67 Å². The monoisotopic (exact) mass is 73.1 g/mol. The van der Waals surface area contributed by atoms with Gasteiger partial charge in [-0.25, -0.2) is 5.32 Å². The zero-order valence-corrected chi connectivity index (χ0v) is 3.44. The Kier molecular flexibility index (Phi) is 3.86. The zero-order valence-electron chi connectivity index (χ0n) is 3.44. The van der Waals surface area contributed by atoms with E-state index in [1.807, 2.05) is 6.92 Å². The molecule has 0 spiro atoms. The second-order valence-electron chi connectivity index (χ2n) is 0.722. The minimum Gasteiger partial charge on any atom is -0.317 e. The standard InChI is InChI=1S/C3H9N2/c1-2-5-3-4/h2-4H2,1H3. The van der Waals surface area contributed by atoms with Gasteiger partial charge in [-0.1, -0.05) is 6.92 Å². The number of hydrogen-bond acceptors (Lipinski definition) is 1. The molecule has 0 fully saturated rings. The van der Waals surface area contributed by atoms with Gasteiger partial charge in [0.1, 0.15) is 0 Å². The van der Waals surface area contributed by atoms with Crippen molar-refractivity contribution in [3.63, 3.8) is 0 Å². The summed E-state index contributed by atoms with van der Waals surface area (Å²) in [6.07, 6.45) is 0. The molecule has 0 saturated heterocycles. The summed E-state index contributed by atoms with van der Waals surface area (Å²) in [4.78, 5) is 0. The van der Waals surface area contributed by atoms with Gasteiger partial charge in [-0.2, -0.15) is 0 Å². The smallest absolute Gasteiger partial charge is 0.0598 e. The molecule has 1 radical (unpaired) electrons. The van der Waals surface area contributed by atoms with E-state index in [-0.39, 0.29) is 0 Å². The van der Waals surface area contributed by atoms with Crippen LogP contribution in [0.25, 0.3) is 0 Å². The van der Waals surface area contributed by atoms with Gasteiger partial charge >= 0.3 is 0 Å². The lowest BCUT2D eigenvalue weighted by molar-refractivity contribution is 0.726. The summed E-state index contributed by atoms with van der Waals surface area (Å²) in [6.45, 7) is 3.28. The van der Waals surface area contributed by atoms with E-state index in [2.05, 4.69) is 5.32 Å². The van der Waals surface area contributed by atoms with Crippen molar-refractivity contribution in [2.45, 2.75) is 6.92 Å². The number of nitrogens with zero attached hydrogens (tertiary/aromatic N) is 1. The largest absolute Gasteiger partial charge is 0.317 e. The fourth-order valence-electron chi connectivity index (χ4n) is 0.129. The molecule has 0 aliphatic carbocycles. The molecule has 0 aliphatic heterocycles. The molecule has 2 nitrogen and oxygen atoms in total. The normalized spacial score (nSPS) is 8.40. The third kappa shape index (κ3) is 3.92. The van der Waals surface area contributed by atoms with Crippen LogP contribution in [0.5, 0.6) is 0 Å². The molecule has 0 aromatic heterocycles. The summed E-state index contributed by atoms with van der Waals surface area (Å²) < 4.78 is 0. The lowest BCUT2D eigenvalue weighted by atomic mass is 10.8. The molecule has 0 amide bonds. The van der Waals surface area contributed by atoms with Crippen molar-refractivity contribution in [2.75, 3.05) is 13.2 Å². The SMILES string of the molecule is CC[N]CN. The highest BCUT2D eigenvalue weighted by Crippen LogP contribution is 1.45. The summed E-state index contributed by atoms with van der Waals surface area (Å²) in [5, 5.41) is 3.75. The van der Waals surface area contributed by atoms with Crippen LogP contribution in [-0.2, 0) is 0 Å². The molecule has 0 unspecified atom stereocenters.